The van der Waals surface area contributed by atoms with E-state index in [0.717, 1.165) is 74.6 Å². The number of aryl methyl sites for hydroxylation is 1. The first-order valence-corrected chi connectivity index (χ1v) is 12.5. The van der Waals surface area contributed by atoms with Crippen molar-refractivity contribution in [1.29, 1.82) is 0 Å². The van der Waals surface area contributed by atoms with Gasteiger partial charge in [-0.1, -0.05) is 43.8 Å². The van der Waals surface area contributed by atoms with Gasteiger partial charge in [0.25, 0.3) is 0 Å². The minimum atomic E-state index is 0.273. The zero-order valence-electron chi connectivity index (χ0n) is 19.3. The van der Waals surface area contributed by atoms with E-state index in [1.165, 1.54) is 0 Å². The molecule has 0 amide bonds. The minimum Gasteiger partial charge on any atom is -0.490 e. The van der Waals surface area contributed by atoms with Crippen molar-refractivity contribution in [2.45, 2.75) is 57.3 Å². The number of ether oxygens (including phenoxy) is 1. The van der Waals surface area contributed by atoms with Gasteiger partial charge in [0, 0.05) is 52.5 Å². The SMILES string of the molecule is CN=C(NCCCc1nnc(SC)n1CC(C)C)N1CCC(Oc2ccccc2)CC1. The lowest BCUT2D eigenvalue weighted by molar-refractivity contribution is 0.129. The van der Waals surface area contributed by atoms with Crippen LogP contribution < -0.4 is 10.1 Å². The van der Waals surface area contributed by atoms with Crippen LogP contribution in [0.5, 0.6) is 5.75 Å². The number of guanidine groups is 1. The highest BCUT2D eigenvalue weighted by molar-refractivity contribution is 7.98. The smallest absolute Gasteiger partial charge is 0.193 e. The Bertz CT molecular complexity index is 815. The first-order chi connectivity index (χ1) is 15.1. The van der Waals surface area contributed by atoms with Gasteiger partial charge in [0.2, 0.25) is 0 Å². The summed E-state index contributed by atoms with van der Waals surface area (Å²) < 4.78 is 8.38. The number of aliphatic imine (C=N–C) groups is 1. The Balaban J connectivity index is 1.42. The first kappa shape index (κ1) is 23.4. The summed E-state index contributed by atoms with van der Waals surface area (Å²) in [6.07, 6.45) is 6.25. The van der Waals surface area contributed by atoms with Crippen LogP contribution >= 0.6 is 11.8 Å². The van der Waals surface area contributed by atoms with E-state index < -0.39 is 0 Å². The van der Waals surface area contributed by atoms with E-state index in [4.69, 9.17) is 4.74 Å². The molecular formula is C23H36N6OS. The molecule has 1 aliphatic rings. The molecule has 1 N–H and O–H groups in total. The van der Waals surface area contributed by atoms with Crippen LogP contribution in [0.4, 0.5) is 0 Å². The van der Waals surface area contributed by atoms with Crippen molar-refractivity contribution < 1.29 is 4.74 Å². The third kappa shape index (κ3) is 6.89. The molecule has 2 aromatic rings. The van der Waals surface area contributed by atoms with Gasteiger partial charge in [0.05, 0.1) is 0 Å². The highest BCUT2D eigenvalue weighted by Crippen LogP contribution is 2.19. The molecule has 1 aromatic carbocycles. The van der Waals surface area contributed by atoms with Gasteiger partial charge >= 0.3 is 0 Å². The lowest BCUT2D eigenvalue weighted by Crippen LogP contribution is -2.47. The predicted octanol–water partition coefficient (Wildman–Crippen LogP) is 3.71. The lowest BCUT2D eigenvalue weighted by Gasteiger charge is -2.34. The van der Waals surface area contributed by atoms with Crippen molar-refractivity contribution in [3.8, 4) is 5.75 Å². The second-order valence-corrected chi connectivity index (χ2v) is 9.08. The van der Waals surface area contributed by atoms with E-state index in [1.54, 1.807) is 11.8 Å². The Morgan fingerprint density at radius 2 is 1.97 bits per heavy atom. The summed E-state index contributed by atoms with van der Waals surface area (Å²) in [5.74, 6) is 3.59. The molecule has 1 fully saturated rings. The number of aromatic nitrogens is 3. The molecule has 0 atom stereocenters. The number of thioether (sulfide) groups is 1. The molecular weight excluding hydrogens is 408 g/mol. The van der Waals surface area contributed by atoms with Crippen LogP contribution in [-0.2, 0) is 13.0 Å². The predicted molar refractivity (Wildman–Crippen MR) is 128 cm³/mol. The van der Waals surface area contributed by atoms with E-state index >= 15 is 0 Å². The third-order valence-electron chi connectivity index (χ3n) is 5.38. The number of hydrogen-bond acceptors (Lipinski definition) is 5. The van der Waals surface area contributed by atoms with Gasteiger partial charge in [-0.05, 0) is 30.7 Å². The van der Waals surface area contributed by atoms with Crippen LogP contribution in [0.2, 0.25) is 0 Å². The molecule has 0 radical (unpaired) electrons. The molecule has 31 heavy (non-hydrogen) atoms. The van der Waals surface area contributed by atoms with Gasteiger partial charge in [0.1, 0.15) is 17.7 Å². The molecule has 1 aliphatic heterocycles. The number of para-hydroxylation sites is 1. The van der Waals surface area contributed by atoms with E-state index in [2.05, 4.69) is 50.1 Å². The molecule has 0 aliphatic carbocycles. The minimum absolute atomic E-state index is 0.273. The maximum atomic E-state index is 6.11. The summed E-state index contributed by atoms with van der Waals surface area (Å²) in [6, 6.07) is 10.1. The maximum Gasteiger partial charge on any atom is 0.193 e. The molecule has 0 spiro atoms. The van der Waals surface area contributed by atoms with Crippen LogP contribution in [0, 0.1) is 5.92 Å². The topological polar surface area (TPSA) is 67.6 Å². The van der Waals surface area contributed by atoms with Crippen molar-refractivity contribution >= 4 is 17.7 Å². The third-order valence-corrected chi connectivity index (χ3v) is 6.05. The fourth-order valence-corrected chi connectivity index (χ4v) is 4.38. The Kier molecular flexibility index (Phi) is 9.06. The molecule has 2 heterocycles. The van der Waals surface area contributed by atoms with Gasteiger partial charge in [-0.25, -0.2) is 0 Å². The van der Waals surface area contributed by atoms with Crippen molar-refractivity contribution in [2.24, 2.45) is 10.9 Å². The fourth-order valence-electron chi connectivity index (χ4n) is 3.86. The molecule has 1 aromatic heterocycles. The van der Waals surface area contributed by atoms with Gasteiger partial charge in [-0.2, -0.15) is 0 Å². The van der Waals surface area contributed by atoms with Crippen LogP contribution in [0.3, 0.4) is 0 Å². The van der Waals surface area contributed by atoms with E-state index in [0.29, 0.717) is 5.92 Å². The number of likely N-dealkylation sites (tertiary alicyclic amines) is 1. The number of nitrogens with one attached hydrogen (secondary N) is 1. The van der Waals surface area contributed by atoms with Gasteiger partial charge < -0.3 is 19.5 Å². The van der Waals surface area contributed by atoms with E-state index in [9.17, 15) is 0 Å². The summed E-state index contributed by atoms with van der Waals surface area (Å²) in [4.78, 5) is 6.83. The maximum absolute atomic E-state index is 6.11. The van der Waals surface area contributed by atoms with Crippen molar-refractivity contribution in [3.05, 3.63) is 36.2 Å². The second-order valence-electron chi connectivity index (χ2n) is 8.30. The standard InChI is InChI=1S/C23H36N6OS/c1-18(2)17-29-21(26-27-23(29)31-4)11-8-14-25-22(24-3)28-15-12-20(13-16-28)30-19-9-6-5-7-10-19/h5-7,9-10,18,20H,8,11-17H2,1-4H3,(H,24,25). The van der Waals surface area contributed by atoms with Crippen LogP contribution in [0.25, 0.3) is 0 Å². The molecule has 0 bridgehead atoms. The summed E-state index contributed by atoms with van der Waals surface area (Å²) in [7, 11) is 1.86. The second kappa shape index (κ2) is 12.0. The Labute approximate surface area is 190 Å². The molecule has 0 unspecified atom stereocenters. The van der Waals surface area contributed by atoms with E-state index in [1.807, 2.05) is 37.4 Å². The molecule has 7 nitrogen and oxygen atoms in total. The van der Waals surface area contributed by atoms with Gasteiger partial charge in [-0.3, -0.25) is 4.99 Å². The zero-order chi connectivity index (χ0) is 22.1. The van der Waals surface area contributed by atoms with E-state index in [-0.39, 0.29) is 6.10 Å². The van der Waals surface area contributed by atoms with Crippen LogP contribution in [0.1, 0.15) is 38.9 Å². The average Bonchev–Trinajstić information content (AvgIpc) is 3.16. The number of rotatable bonds is 9. The quantitative estimate of drug-likeness (QED) is 0.275. The number of hydrogen-bond donors (Lipinski definition) is 1. The number of benzene rings is 1. The highest BCUT2D eigenvalue weighted by Gasteiger charge is 2.22. The Morgan fingerprint density at radius 1 is 1.23 bits per heavy atom. The summed E-state index contributed by atoms with van der Waals surface area (Å²) >= 11 is 1.66. The lowest BCUT2D eigenvalue weighted by atomic mass is 10.1. The van der Waals surface area contributed by atoms with Crippen LogP contribution in [0.15, 0.2) is 40.5 Å². The number of piperidine rings is 1. The highest BCUT2D eigenvalue weighted by atomic mass is 32.2. The van der Waals surface area contributed by atoms with Crippen molar-refractivity contribution in [3.63, 3.8) is 0 Å². The van der Waals surface area contributed by atoms with Crippen molar-refractivity contribution in [1.82, 2.24) is 25.0 Å². The number of nitrogens with zero attached hydrogens (tertiary/aromatic N) is 5. The Morgan fingerprint density at radius 3 is 2.61 bits per heavy atom. The molecule has 1 saturated heterocycles. The summed E-state index contributed by atoms with van der Waals surface area (Å²) in [5.41, 5.74) is 0. The molecule has 8 heteroatoms. The Hall–Kier alpha value is -2.22. The van der Waals surface area contributed by atoms with Gasteiger partial charge in [-0.15, -0.1) is 10.2 Å². The van der Waals surface area contributed by atoms with Crippen LogP contribution in [-0.4, -0.2) is 64.7 Å². The zero-order valence-corrected chi connectivity index (χ0v) is 20.1. The summed E-state index contributed by atoms with van der Waals surface area (Å²) in [5, 5.41) is 13.3. The van der Waals surface area contributed by atoms with Gasteiger partial charge in [0.15, 0.2) is 11.1 Å². The normalized spacial score (nSPS) is 15.5. The largest absolute Gasteiger partial charge is 0.490 e. The molecule has 170 valence electrons. The van der Waals surface area contributed by atoms with Crippen molar-refractivity contribution in [2.75, 3.05) is 32.9 Å². The fraction of sp³-hybridized carbons (Fsp3) is 0.609. The summed E-state index contributed by atoms with van der Waals surface area (Å²) in [6.45, 7) is 8.21. The molecule has 0 saturated carbocycles. The average molecular weight is 445 g/mol. The molecule has 3 rings (SSSR count). The first-order valence-electron chi connectivity index (χ1n) is 11.2. The monoisotopic (exact) mass is 444 g/mol.